The molecule has 0 saturated carbocycles. The molecule has 0 aromatic heterocycles. The van der Waals surface area contributed by atoms with Crippen molar-refractivity contribution >= 4 is 11.6 Å². The number of halogens is 1. The molecule has 1 aromatic rings. The van der Waals surface area contributed by atoms with E-state index in [-0.39, 0.29) is 6.04 Å². The molecule has 0 aliphatic heterocycles. The zero-order valence-electron chi connectivity index (χ0n) is 8.59. The fourth-order valence-corrected chi connectivity index (χ4v) is 1.62. The number of hydrogen-bond acceptors (Lipinski definition) is 2. The van der Waals surface area contributed by atoms with E-state index in [0.29, 0.717) is 13.2 Å². The lowest BCUT2D eigenvalue weighted by Gasteiger charge is -2.14. The van der Waals surface area contributed by atoms with Crippen LogP contribution >= 0.6 is 11.6 Å². The molecule has 0 aliphatic carbocycles. The number of aryl methyl sites for hydroxylation is 1. The molecule has 78 valence electrons. The van der Waals surface area contributed by atoms with Crippen molar-refractivity contribution in [2.75, 3.05) is 13.2 Å². The molecule has 1 atom stereocenters. The highest BCUT2D eigenvalue weighted by molar-refractivity contribution is 6.30. The fourth-order valence-electron chi connectivity index (χ4n) is 1.39. The second-order valence-electron chi connectivity index (χ2n) is 3.27. The van der Waals surface area contributed by atoms with Gasteiger partial charge < -0.3 is 10.5 Å². The van der Waals surface area contributed by atoms with Gasteiger partial charge in [-0.25, -0.2) is 0 Å². The maximum atomic E-state index is 5.96. The van der Waals surface area contributed by atoms with Gasteiger partial charge in [-0.3, -0.25) is 0 Å². The maximum Gasteiger partial charge on any atom is 0.0659 e. The number of hydrogen-bond donors (Lipinski definition) is 1. The third-order valence-electron chi connectivity index (χ3n) is 2.13. The predicted molar refractivity (Wildman–Crippen MR) is 59.6 cm³/mol. The van der Waals surface area contributed by atoms with Gasteiger partial charge >= 0.3 is 0 Å². The lowest BCUT2D eigenvalue weighted by atomic mass is 10.0. The molecular weight excluding hydrogens is 198 g/mol. The Morgan fingerprint density at radius 2 is 2.21 bits per heavy atom. The number of rotatable bonds is 4. The standard InChI is InChI=1S/C11H16ClNO/c1-3-14-7-11(13)10-5-4-9(12)6-8(10)2/h4-6,11H,3,7,13H2,1-2H3. The molecule has 0 aliphatic rings. The van der Waals surface area contributed by atoms with Crippen LogP contribution in [0.5, 0.6) is 0 Å². The van der Waals surface area contributed by atoms with Crippen LogP contribution in [-0.2, 0) is 4.74 Å². The normalized spacial score (nSPS) is 12.9. The molecule has 2 N–H and O–H groups in total. The molecule has 0 fully saturated rings. The molecule has 1 unspecified atom stereocenters. The molecule has 1 aromatic carbocycles. The molecule has 0 spiro atoms. The topological polar surface area (TPSA) is 35.2 Å². The van der Waals surface area contributed by atoms with E-state index in [1.807, 2.05) is 32.0 Å². The Bertz CT molecular complexity index is 301. The highest BCUT2D eigenvalue weighted by Gasteiger charge is 2.08. The molecule has 2 nitrogen and oxygen atoms in total. The van der Waals surface area contributed by atoms with Gasteiger partial charge in [0.1, 0.15) is 0 Å². The van der Waals surface area contributed by atoms with Crippen LogP contribution in [-0.4, -0.2) is 13.2 Å². The summed E-state index contributed by atoms with van der Waals surface area (Å²) in [5.41, 5.74) is 8.18. The highest BCUT2D eigenvalue weighted by Crippen LogP contribution is 2.20. The van der Waals surface area contributed by atoms with Crippen LogP contribution in [0.15, 0.2) is 18.2 Å². The van der Waals surface area contributed by atoms with Gasteiger partial charge in [0.25, 0.3) is 0 Å². The summed E-state index contributed by atoms with van der Waals surface area (Å²) < 4.78 is 5.28. The van der Waals surface area contributed by atoms with Crippen LogP contribution in [0.4, 0.5) is 0 Å². The number of benzene rings is 1. The summed E-state index contributed by atoms with van der Waals surface area (Å²) in [7, 11) is 0. The first-order valence-corrected chi connectivity index (χ1v) is 5.12. The molecule has 1 rings (SSSR count). The zero-order valence-corrected chi connectivity index (χ0v) is 9.34. The summed E-state index contributed by atoms with van der Waals surface area (Å²) in [5.74, 6) is 0. The summed E-state index contributed by atoms with van der Waals surface area (Å²) in [5, 5.41) is 0.745. The first kappa shape index (κ1) is 11.5. The predicted octanol–water partition coefficient (Wildman–Crippen LogP) is 2.68. The van der Waals surface area contributed by atoms with Crippen molar-refractivity contribution in [3.8, 4) is 0 Å². The second kappa shape index (κ2) is 5.35. The van der Waals surface area contributed by atoms with E-state index in [4.69, 9.17) is 22.1 Å². The van der Waals surface area contributed by atoms with Gasteiger partial charge in [0.15, 0.2) is 0 Å². The highest BCUT2D eigenvalue weighted by atomic mass is 35.5. The lowest BCUT2D eigenvalue weighted by Crippen LogP contribution is -2.18. The van der Waals surface area contributed by atoms with Crippen molar-refractivity contribution in [3.05, 3.63) is 34.3 Å². The Morgan fingerprint density at radius 1 is 1.50 bits per heavy atom. The average Bonchev–Trinajstić information content (AvgIpc) is 2.14. The Kier molecular flexibility index (Phi) is 4.39. The van der Waals surface area contributed by atoms with E-state index in [1.54, 1.807) is 0 Å². The van der Waals surface area contributed by atoms with E-state index in [0.717, 1.165) is 16.1 Å². The second-order valence-corrected chi connectivity index (χ2v) is 3.70. The van der Waals surface area contributed by atoms with Crippen molar-refractivity contribution in [3.63, 3.8) is 0 Å². The lowest BCUT2D eigenvalue weighted by molar-refractivity contribution is 0.133. The van der Waals surface area contributed by atoms with Gasteiger partial charge in [0, 0.05) is 11.6 Å². The van der Waals surface area contributed by atoms with E-state index in [1.165, 1.54) is 0 Å². The van der Waals surface area contributed by atoms with Gasteiger partial charge in [-0.2, -0.15) is 0 Å². The SMILES string of the molecule is CCOCC(N)c1ccc(Cl)cc1C. The summed E-state index contributed by atoms with van der Waals surface area (Å²) in [6, 6.07) is 5.67. The van der Waals surface area contributed by atoms with Crippen molar-refractivity contribution in [2.24, 2.45) is 5.73 Å². The van der Waals surface area contributed by atoms with Crippen molar-refractivity contribution in [2.45, 2.75) is 19.9 Å². The molecule has 0 amide bonds. The van der Waals surface area contributed by atoms with Gasteiger partial charge in [-0.15, -0.1) is 0 Å². The van der Waals surface area contributed by atoms with Crippen LogP contribution in [0.2, 0.25) is 5.02 Å². The quantitative estimate of drug-likeness (QED) is 0.835. The summed E-state index contributed by atoms with van der Waals surface area (Å²) in [4.78, 5) is 0. The van der Waals surface area contributed by atoms with Crippen LogP contribution in [0.25, 0.3) is 0 Å². The van der Waals surface area contributed by atoms with Gasteiger partial charge in [0.2, 0.25) is 0 Å². The van der Waals surface area contributed by atoms with Crippen molar-refractivity contribution < 1.29 is 4.74 Å². The average molecular weight is 214 g/mol. The largest absolute Gasteiger partial charge is 0.380 e. The van der Waals surface area contributed by atoms with E-state index >= 15 is 0 Å². The number of nitrogens with two attached hydrogens (primary N) is 1. The maximum absolute atomic E-state index is 5.96. The minimum atomic E-state index is -0.0628. The Balaban J connectivity index is 2.74. The fraction of sp³-hybridized carbons (Fsp3) is 0.455. The minimum Gasteiger partial charge on any atom is -0.380 e. The molecule has 3 heteroatoms. The summed E-state index contributed by atoms with van der Waals surface area (Å²) in [6.45, 7) is 5.22. The molecule has 14 heavy (non-hydrogen) atoms. The molecule has 0 saturated heterocycles. The Morgan fingerprint density at radius 3 is 2.79 bits per heavy atom. The first-order chi connectivity index (χ1) is 6.65. The summed E-state index contributed by atoms with van der Waals surface area (Å²) >= 11 is 5.85. The van der Waals surface area contributed by atoms with Gasteiger partial charge in [-0.05, 0) is 37.1 Å². The molecule has 0 bridgehead atoms. The van der Waals surface area contributed by atoms with Crippen LogP contribution in [0, 0.1) is 6.92 Å². The number of ether oxygens (including phenoxy) is 1. The zero-order chi connectivity index (χ0) is 10.6. The molecule has 0 radical (unpaired) electrons. The monoisotopic (exact) mass is 213 g/mol. The van der Waals surface area contributed by atoms with Gasteiger partial charge in [0.05, 0.1) is 12.6 Å². The van der Waals surface area contributed by atoms with Crippen LogP contribution in [0.1, 0.15) is 24.1 Å². The Labute approximate surface area is 90.0 Å². The Hall–Kier alpha value is -0.570. The minimum absolute atomic E-state index is 0.0628. The van der Waals surface area contributed by atoms with Crippen LogP contribution in [0.3, 0.4) is 0 Å². The molecular formula is C11H16ClNO. The molecule has 0 heterocycles. The van der Waals surface area contributed by atoms with Crippen molar-refractivity contribution in [1.82, 2.24) is 0 Å². The summed E-state index contributed by atoms with van der Waals surface area (Å²) in [6.07, 6.45) is 0. The van der Waals surface area contributed by atoms with Gasteiger partial charge in [-0.1, -0.05) is 17.7 Å². The van der Waals surface area contributed by atoms with Crippen molar-refractivity contribution in [1.29, 1.82) is 0 Å². The van der Waals surface area contributed by atoms with E-state index in [2.05, 4.69) is 0 Å². The van der Waals surface area contributed by atoms with Crippen LogP contribution < -0.4 is 5.73 Å². The third kappa shape index (κ3) is 2.98. The van der Waals surface area contributed by atoms with E-state index in [9.17, 15) is 0 Å². The third-order valence-corrected chi connectivity index (χ3v) is 2.37. The van der Waals surface area contributed by atoms with E-state index < -0.39 is 0 Å². The smallest absolute Gasteiger partial charge is 0.0659 e. The first-order valence-electron chi connectivity index (χ1n) is 4.74.